The van der Waals surface area contributed by atoms with Crippen LogP contribution in [0, 0.1) is 6.92 Å². The Kier molecular flexibility index (Phi) is 5.97. The van der Waals surface area contributed by atoms with E-state index in [0.29, 0.717) is 17.0 Å². The van der Waals surface area contributed by atoms with Crippen LogP contribution in [-0.4, -0.2) is 33.8 Å². The molecule has 2 heterocycles. The molecule has 1 atom stereocenters. The summed E-state index contributed by atoms with van der Waals surface area (Å²) >= 11 is 6.33. The van der Waals surface area contributed by atoms with Crippen molar-refractivity contribution in [1.29, 1.82) is 0 Å². The lowest BCUT2D eigenvalue weighted by atomic mass is 9.94. The van der Waals surface area contributed by atoms with E-state index < -0.39 is 17.7 Å². The highest BCUT2D eigenvalue weighted by atomic mass is 35.5. The number of methoxy groups -OCH3 is 1. The van der Waals surface area contributed by atoms with E-state index in [9.17, 15) is 14.7 Å². The van der Waals surface area contributed by atoms with Crippen molar-refractivity contribution in [3.63, 3.8) is 0 Å². The van der Waals surface area contributed by atoms with E-state index in [2.05, 4.69) is 4.98 Å². The van der Waals surface area contributed by atoms with Gasteiger partial charge in [-0.3, -0.25) is 14.6 Å². The van der Waals surface area contributed by atoms with Crippen molar-refractivity contribution in [2.45, 2.75) is 19.5 Å². The highest BCUT2D eigenvalue weighted by Crippen LogP contribution is 2.41. The molecule has 1 saturated heterocycles. The number of hydrogen-bond acceptors (Lipinski definition) is 5. The highest BCUT2D eigenvalue weighted by Gasteiger charge is 2.46. The smallest absolute Gasteiger partial charge is 0.296 e. The summed E-state index contributed by atoms with van der Waals surface area (Å²) in [4.78, 5) is 31.9. The molecular weight excluding hydrogens is 428 g/mol. The van der Waals surface area contributed by atoms with Crippen LogP contribution in [0.2, 0.25) is 5.02 Å². The topological polar surface area (TPSA) is 79.7 Å². The largest absolute Gasteiger partial charge is 0.507 e. The molecule has 162 valence electrons. The molecule has 0 aliphatic carbocycles. The minimum atomic E-state index is -0.792. The van der Waals surface area contributed by atoms with Gasteiger partial charge in [0.15, 0.2) is 0 Å². The zero-order chi connectivity index (χ0) is 22.8. The zero-order valence-electron chi connectivity index (χ0n) is 17.6. The average molecular weight is 449 g/mol. The van der Waals surface area contributed by atoms with Crippen LogP contribution in [0.25, 0.3) is 5.76 Å². The molecule has 1 amide bonds. The number of halogens is 1. The first kappa shape index (κ1) is 21.6. The quantitative estimate of drug-likeness (QED) is 0.348. The third-order valence-electron chi connectivity index (χ3n) is 5.38. The number of carbonyl (C=O) groups excluding carboxylic acids is 2. The van der Waals surface area contributed by atoms with Crippen LogP contribution in [0.4, 0.5) is 0 Å². The van der Waals surface area contributed by atoms with Gasteiger partial charge in [-0.25, -0.2) is 0 Å². The molecule has 0 radical (unpaired) electrons. The summed E-state index contributed by atoms with van der Waals surface area (Å²) in [6.07, 6.45) is 1.63. The molecule has 1 aliphatic heterocycles. The minimum absolute atomic E-state index is 0.0216. The number of carbonyl (C=O) groups is 2. The number of Topliss-reactive ketones (excluding diaryl/α,β-unsaturated/α-hetero) is 1. The van der Waals surface area contributed by atoms with Gasteiger partial charge in [0, 0.05) is 11.8 Å². The number of rotatable bonds is 5. The molecule has 0 saturated carbocycles. The number of pyridine rings is 1. The second-order valence-corrected chi connectivity index (χ2v) is 7.92. The number of aromatic nitrogens is 1. The first-order valence-corrected chi connectivity index (χ1v) is 10.4. The molecule has 0 spiro atoms. The van der Waals surface area contributed by atoms with Crippen molar-refractivity contribution in [1.82, 2.24) is 9.88 Å². The Morgan fingerprint density at radius 3 is 2.62 bits per heavy atom. The van der Waals surface area contributed by atoms with E-state index in [1.54, 1.807) is 30.5 Å². The fraction of sp³-hybridized carbons (Fsp3) is 0.160. The van der Waals surface area contributed by atoms with Crippen LogP contribution in [-0.2, 0) is 16.1 Å². The maximum Gasteiger partial charge on any atom is 0.296 e. The second kappa shape index (κ2) is 8.85. The third-order valence-corrected chi connectivity index (χ3v) is 5.71. The minimum Gasteiger partial charge on any atom is -0.507 e. The number of likely N-dealkylation sites (tertiary alicyclic amines) is 1. The lowest BCUT2D eigenvalue weighted by Crippen LogP contribution is -2.29. The van der Waals surface area contributed by atoms with Crippen LogP contribution in [0.3, 0.4) is 0 Å². The summed E-state index contributed by atoms with van der Waals surface area (Å²) in [5, 5.41) is 11.5. The first-order chi connectivity index (χ1) is 15.4. The molecule has 1 fully saturated rings. The molecule has 3 aromatic rings. The number of ether oxygens (including phenoxy) is 1. The van der Waals surface area contributed by atoms with Gasteiger partial charge in [-0.2, -0.15) is 0 Å². The van der Waals surface area contributed by atoms with Crippen LogP contribution in [0.5, 0.6) is 5.75 Å². The normalized spacial score (nSPS) is 17.6. The molecule has 6 nitrogen and oxygen atoms in total. The number of aliphatic hydroxyl groups excluding tert-OH is 1. The van der Waals surface area contributed by atoms with Gasteiger partial charge in [-0.1, -0.05) is 47.5 Å². The molecule has 1 N–H and O–H groups in total. The number of ketones is 1. The van der Waals surface area contributed by atoms with Crippen LogP contribution in [0.1, 0.15) is 28.4 Å². The summed E-state index contributed by atoms with van der Waals surface area (Å²) in [7, 11) is 1.49. The van der Waals surface area contributed by atoms with Crippen LogP contribution in [0.15, 0.2) is 72.4 Å². The maximum atomic E-state index is 13.2. The van der Waals surface area contributed by atoms with E-state index >= 15 is 0 Å². The summed E-state index contributed by atoms with van der Waals surface area (Å²) in [6.45, 7) is 2.04. The van der Waals surface area contributed by atoms with E-state index in [0.717, 1.165) is 5.56 Å². The lowest BCUT2D eigenvalue weighted by molar-refractivity contribution is -0.140. The van der Waals surface area contributed by atoms with Crippen LogP contribution >= 0.6 is 11.6 Å². The number of benzene rings is 2. The number of nitrogens with zero attached hydrogens (tertiary/aromatic N) is 2. The molecule has 1 aromatic heterocycles. The van der Waals surface area contributed by atoms with E-state index in [4.69, 9.17) is 16.3 Å². The molecule has 2 aromatic carbocycles. The van der Waals surface area contributed by atoms with Crippen molar-refractivity contribution in [3.8, 4) is 5.75 Å². The van der Waals surface area contributed by atoms with Gasteiger partial charge in [0.2, 0.25) is 0 Å². The molecule has 7 heteroatoms. The number of hydrogen-bond donors (Lipinski definition) is 1. The summed E-state index contributed by atoms with van der Waals surface area (Å²) in [5.41, 5.74) is 2.50. The molecule has 1 unspecified atom stereocenters. The van der Waals surface area contributed by atoms with Gasteiger partial charge in [-0.15, -0.1) is 0 Å². The Morgan fingerprint density at radius 2 is 1.94 bits per heavy atom. The predicted molar refractivity (Wildman–Crippen MR) is 121 cm³/mol. The van der Waals surface area contributed by atoms with Gasteiger partial charge < -0.3 is 14.7 Å². The Bertz CT molecular complexity index is 1220. The molecule has 1 aliphatic rings. The van der Waals surface area contributed by atoms with E-state index in [1.165, 1.54) is 18.1 Å². The van der Waals surface area contributed by atoms with Crippen molar-refractivity contribution in [2.24, 2.45) is 0 Å². The van der Waals surface area contributed by atoms with E-state index in [1.807, 2.05) is 37.3 Å². The van der Waals surface area contributed by atoms with Gasteiger partial charge in [0.05, 0.1) is 36.0 Å². The Hall–Kier alpha value is -3.64. The fourth-order valence-electron chi connectivity index (χ4n) is 3.85. The third kappa shape index (κ3) is 3.97. The standard InChI is InChI=1S/C25H21ClN2O4/c1-15-6-5-7-16(12-15)22-21(23(29)19-13-18(32-2)9-10-20(19)26)24(30)25(31)28(22)14-17-8-3-4-11-27-17/h3-13,22,29H,14H2,1-2H3/b23-21+. The Morgan fingerprint density at radius 1 is 1.12 bits per heavy atom. The van der Waals surface area contributed by atoms with Crippen molar-refractivity contribution in [2.75, 3.05) is 7.11 Å². The summed E-state index contributed by atoms with van der Waals surface area (Å²) in [6, 6.07) is 16.8. The molecule has 0 bridgehead atoms. The lowest BCUT2D eigenvalue weighted by Gasteiger charge is -2.25. The molecule has 4 rings (SSSR count). The van der Waals surface area contributed by atoms with Crippen molar-refractivity contribution >= 4 is 29.1 Å². The van der Waals surface area contributed by atoms with E-state index in [-0.39, 0.29) is 28.5 Å². The van der Waals surface area contributed by atoms with Crippen molar-refractivity contribution < 1.29 is 19.4 Å². The van der Waals surface area contributed by atoms with Crippen LogP contribution < -0.4 is 4.74 Å². The molecule has 32 heavy (non-hydrogen) atoms. The number of aryl methyl sites for hydroxylation is 1. The van der Waals surface area contributed by atoms with Gasteiger partial charge >= 0.3 is 0 Å². The summed E-state index contributed by atoms with van der Waals surface area (Å²) in [5.74, 6) is -1.36. The first-order valence-electron chi connectivity index (χ1n) is 9.99. The predicted octanol–water partition coefficient (Wildman–Crippen LogP) is 4.67. The SMILES string of the molecule is COc1ccc(Cl)c(/C(O)=C2\C(=O)C(=O)N(Cc3ccccn3)C2c2cccc(C)c2)c1. The number of amides is 1. The van der Waals surface area contributed by atoms with Gasteiger partial charge in [-0.05, 0) is 42.8 Å². The maximum absolute atomic E-state index is 13.2. The monoisotopic (exact) mass is 448 g/mol. The summed E-state index contributed by atoms with van der Waals surface area (Å²) < 4.78 is 5.24. The van der Waals surface area contributed by atoms with Crippen molar-refractivity contribution in [3.05, 3.63) is 99.8 Å². The highest BCUT2D eigenvalue weighted by molar-refractivity contribution is 6.47. The second-order valence-electron chi connectivity index (χ2n) is 7.51. The molecular formula is C25H21ClN2O4. The van der Waals surface area contributed by atoms with Gasteiger partial charge in [0.1, 0.15) is 11.5 Å². The zero-order valence-corrected chi connectivity index (χ0v) is 18.3. The number of aliphatic hydroxyl groups is 1. The average Bonchev–Trinajstić information content (AvgIpc) is 3.04. The van der Waals surface area contributed by atoms with Gasteiger partial charge in [0.25, 0.3) is 11.7 Å². The fourth-order valence-corrected chi connectivity index (χ4v) is 4.06. The Labute approximate surface area is 190 Å². The Balaban J connectivity index is 1.91.